The molecule has 1 aromatic carbocycles. The zero-order chi connectivity index (χ0) is 9.47. The SMILES string of the molecule is O=S1(=O)C[C@@H](O)[C@@H]1c1ccccc1. The Morgan fingerprint density at radius 2 is 1.85 bits per heavy atom. The first kappa shape index (κ1) is 8.72. The van der Waals surface area contributed by atoms with E-state index in [1.165, 1.54) is 0 Å². The Labute approximate surface area is 76.9 Å². The number of hydrogen-bond donors (Lipinski definition) is 1. The van der Waals surface area contributed by atoms with Gasteiger partial charge in [-0.25, -0.2) is 8.42 Å². The van der Waals surface area contributed by atoms with E-state index in [2.05, 4.69) is 0 Å². The van der Waals surface area contributed by atoms with Crippen molar-refractivity contribution in [3.8, 4) is 0 Å². The van der Waals surface area contributed by atoms with Crippen LogP contribution in [0.3, 0.4) is 0 Å². The van der Waals surface area contributed by atoms with Crippen LogP contribution >= 0.6 is 0 Å². The average molecular weight is 198 g/mol. The number of benzene rings is 1. The van der Waals surface area contributed by atoms with Gasteiger partial charge in [0, 0.05) is 0 Å². The van der Waals surface area contributed by atoms with Crippen molar-refractivity contribution in [2.45, 2.75) is 11.4 Å². The molecule has 1 aliphatic rings. The fourth-order valence-electron chi connectivity index (χ4n) is 1.62. The Balaban J connectivity index is 2.38. The zero-order valence-electron chi connectivity index (χ0n) is 6.92. The van der Waals surface area contributed by atoms with Crippen molar-refractivity contribution in [2.24, 2.45) is 0 Å². The number of aliphatic hydroxyl groups excluding tert-OH is 1. The largest absolute Gasteiger partial charge is 0.390 e. The molecule has 1 aliphatic heterocycles. The van der Waals surface area contributed by atoms with Gasteiger partial charge in [-0.3, -0.25) is 0 Å². The Kier molecular flexibility index (Phi) is 1.89. The van der Waals surface area contributed by atoms with E-state index in [4.69, 9.17) is 0 Å². The highest BCUT2D eigenvalue weighted by Crippen LogP contribution is 2.36. The summed E-state index contributed by atoms with van der Waals surface area (Å²) in [5, 5.41) is 8.62. The lowest BCUT2D eigenvalue weighted by molar-refractivity contribution is 0.171. The second-order valence-corrected chi connectivity index (χ2v) is 5.40. The Morgan fingerprint density at radius 1 is 1.23 bits per heavy atom. The summed E-state index contributed by atoms with van der Waals surface area (Å²) in [6.45, 7) is 0. The Hall–Kier alpha value is -0.870. The van der Waals surface area contributed by atoms with E-state index in [-0.39, 0.29) is 5.75 Å². The van der Waals surface area contributed by atoms with Crippen molar-refractivity contribution in [3.05, 3.63) is 35.9 Å². The molecule has 4 heteroatoms. The molecule has 0 saturated carbocycles. The van der Waals surface area contributed by atoms with Crippen LogP contribution in [0.1, 0.15) is 10.8 Å². The van der Waals surface area contributed by atoms with E-state index in [0.29, 0.717) is 5.56 Å². The molecule has 1 fully saturated rings. The summed E-state index contributed by atoms with van der Waals surface area (Å²) < 4.78 is 22.5. The highest BCUT2D eigenvalue weighted by atomic mass is 32.2. The molecule has 0 aromatic heterocycles. The number of sulfone groups is 1. The van der Waals surface area contributed by atoms with E-state index < -0.39 is 21.2 Å². The molecule has 0 amide bonds. The lowest BCUT2D eigenvalue weighted by atomic mass is 10.1. The molecule has 0 spiro atoms. The summed E-state index contributed by atoms with van der Waals surface area (Å²) in [5.74, 6) is -0.105. The van der Waals surface area contributed by atoms with Crippen LogP contribution in [0, 0.1) is 0 Å². The van der Waals surface area contributed by atoms with Gasteiger partial charge in [0.05, 0.1) is 11.9 Å². The minimum Gasteiger partial charge on any atom is -0.390 e. The molecule has 70 valence electrons. The van der Waals surface area contributed by atoms with Crippen molar-refractivity contribution in [3.63, 3.8) is 0 Å². The minimum atomic E-state index is -3.07. The molecule has 13 heavy (non-hydrogen) atoms. The highest BCUT2D eigenvalue weighted by molar-refractivity contribution is 7.93. The van der Waals surface area contributed by atoms with Crippen molar-refractivity contribution >= 4 is 9.84 Å². The number of aliphatic hydroxyl groups is 1. The van der Waals surface area contributed by atoms with E-state index in [1.807, 2.05) is 6.07 Å². The summed E-state index contributed by atoms with van der Waals surface area (Å²) in [4.78, 5) is 0. The summed E-state index contributed by atoms with van der Waals surface area (Å²) in [6.07, 6.45) is -0.729. The maximum Gasteiger partial charge on any atom is 0.162 e. The lowest BCUT2D eigenvalue weighted by Gasteiger charge is -2.32. The van der Waals surface area contributed by atoms with Crippen LogP contribution in [-0.2, 0) is 9.84 Å². The van der Waals surface area contributed by atoms with Crippen molar-refractivity contribution in [1.82, 2.24) is 0 Å². The molecule has 0 bridgehead atoms. The normalized spacial score (nSPS) is 30.8. The monoisotopic (exact) mass is 198 g/mol. The van der Waals surface area contributed by atoms with Gasteiger partial charge in [0.2, 0.25) is 0 Å². The van der Waals surface area contributed by atoms with Crippen LogP contribution in [0.5, 0.6) is 0 Å². The zero-order valence-corrected chi connectivity index (χ0v) is 7.74. The fourth-order valence-corrected chi connectivity index (χ4v) is 3.28. The molecule has 2 rings (SSSR count). The third kappa shape index (κ3) is 1.36. The van der Waals surface area contributed by atoms with Gasteiger partial charge in [-0.05, 0) is 5.56 Å². The van der Waals surface area contributed by atoms with Crippen LogP contribution in [0.2, 0.25) is 0 Å². The predicted octanol–water partition coefficient (Wildman–Crippen LogP) is 0.517. The van der Waals surface area contributed by atoms with Gasteiger partial charge in [0.1, 0.15) is 5.25 Å². The summed E-state index contributed by atoms with van der Waals surface area (Å²) in [6, 6.07) is 8.82. The first-order chi connectivity index (χ1) is 6.11. The van der Waals surface area contributed by atoms with Gasteiger partial charge < -0.3 is 5.11 Å². The van der Waals surface area contributed by atoms with Crippen LogP contribution < -0.4 is 0 Å². The van der Waals surface area contributed by atoms with Crippen LogP contribution in [-0.4, -0.2) is 25.4 Å². The van der Waals surface area contributed by atoms with E-state index in [0.717, 1.165) is 0 Å². The average Bonchev–Trinajstić information content (AvgIpc) is 2.04. The van der Waals surface area contributed by atoms with E-state index >= 15 is 0 Å². The van der Waals surface area contributed by atoms with Crippen molar-refractivity contribution in [2.75, 3.05) is 5.75 Å². The van der Waals surface area contributed by atoms with Gasteiger partial charge in [-0.15, -0.1) is 0 Å². The molecular weight excluding hydrogens is 188 g/mol. The molecule has 3 nitrogen and oxygen atoms in total. The van der Waals surface area contributed by atoms with E-state index in [1.54, 1.807) is 24.3 Å². The minimum absolute atomic E-state index is 0.105. The summed E-state index contributed by atoms with van der Waals surface area (Å²) in [7, 11) is -3.07. The Bertz CT molecular complexity index is 396. The third-order valence-corrected chi connectivity index (χ3v) is 4.43. The van der Waals surface area contributed by atoms with Gasteiger partial charge >= 0.3 is 0 Å². The fraction of sp³-hybridized carbons (Fsp3) is 0.333. The van der Waals surface area contributed by atoms with Gasteiger partial charge in [0.15, 0.2) is 9.84 Å². The molecule has 0 radical (unpaired) electrons. The smallest absolute Gasteiger partial charge is 0.162 e. The quantitative estimate of drug-likeness (QED) is 0.715. The number of rotatable bonds is 1. The van der Waals surface area contributed by atoms with Crippen molar-refractivity contribution < 1.29 is 13.5 Å². The standard InChI is InChI=1S/C9H10O3S/c10-8-6-13(11,12)9(8)7-4-2-1-3-5-7/h1-5,8-10H,6H2/t8-,9+/m1/s1. The molecule has 1 saturated heterocycles. The predicted molar refractivity (Wildman–Crippen MR) is 49.0 cm³/mol. The van der Waals surface area contributed by atoms with Crippen LogP contribution in [0.25, 0.3) is 0 Å². The highest BCUT2D eigenvalue weighted by Gasteiger charge is 2.45. The third-order valence-electron chi connectivity index (χ3n) is 2.27. The topological polar surface area (TPSA) is 54.4 Å². The van der Waals surface area contributed by atoms with Gasteiger partial charge in [-0.1, -0.05) is 30.3 Å². The van der Waals surface area contributed by atoms with Crippen molar-refractivity contribution in [1.29, 1.82) is 0 Å². The lowest BCUT2D eigenvalue weighted by Crippen LogP contribution is -2.44. The first-order valence-electron chi connectivity index (χ1n) is 4.06. The van der Waals surface area contributed by atoms with Crippen LogP contribution in [0.4, 0.5) is 0 Å². The molecule has 1 heterocycles. The maximum absolute atomic E-state index is 11.3. The molecular formula is C9H10O3S. The van der Waals surface area contributed by atoms with Crippen LogP contribution in [0.15, 0.2) is 30.3 Å². The number of hydrogen-bond acceptors (Lipinski definition) is 3. The maximum atomic E-state index is 11.3. The summed E-state index contributed by atoms with van der Waals surface area (Å²) >= 11 is 0. The molecule has 0 aliphatic carbocycles. The van der Waals surface area contributed by atoms with E-state index in [9.17, 15) is 13.5 Å². The molecule has 0 unspecified atom stereocenters. The molecule has 2 atom stereocenters. The molecule has 1 aromatic rings. The summed E-state index contributed by atoms with van der Waals surface area (Å²) in [5.41, 5.74) is 0.682. The van der Waals surface area contributed by atoms with Gasteiger partial charge in [0.25, 0.3) is 0 Å². The second-order valence-electron chi connectivity index (χ2n) is 3.23. The first-order valence-corrected chi connectivity index (χ1v) is 5.77. The second kappa shape index (κ2) is 2.82. The van der Waals surface area contributed by atoms with Gasteiger partial charge in [-0.2, -0.15) is 0 Å². The molecule has 1 N–H and O–H groups in total. The Morgan fingerprint density at radius 3 is 2.31 bits per heavy atom.